The number of imide groups is 1. The van der Waals surface area contributed by atoms with Gasteiger partial charge in [0.15, 0.2) is 4.34 Å². The van der Waals surface area contributed by atoms with Gasteiger partial charge in [0.05, 0.1) is 53.4 Å². The Labute approximate surface area is 215 Å². The minimum atomic E-state index is -0.225. The molecule has 3 amide bonds. The monoisotopic (exact) mass is 521 g/mol. The summed E-state index contributed by atoms with van der Waals surface area (Å²) in [6, 6.07) is 10.7. The Morgan fingerprint density at radius 3 is 2.53 bits per heavy atom. The number of benzene rings is 2. The number of methoxy groups -OCH3 is 2. The first-order valence-corrected chi connectivity index (χ1v) is 13.4. The van der Waals surface area contributed by atoms with Crippen LogP contribution in [0.25, 0.3) is 10.2 Å². The lowest BCUT2D eigenvalue weighted by Crippen LogP contribution is -2.32. The Hall–Kier alpha value is -3.37. The first-order valence-electron chi connectivity index (χ1n) is 11.6. The number of allylic oxidation sites excluding steroid dienone is 2. The first kappa shape index (κ1) is 23.1. The Bertz CT molecular complexity index is 1400. The van der Waals surface area contributed by atoms with Gasteiger partial charge >= 0.3 is 0 Å². The van der Waals surface area contributed by atoms with E-state index in [9.17, 15) is 14.4 Å². The molecule has 10 heteroatoms. The number of anilines is 2. The second-order valence-corrected chi connectivity index (χ2v) is 11.3. The number of thiazole rings is 1. The fourth-order valence-electron chi connectivity index (χ4n) is 5.48. The number of nitrogens with one attached hydrogen (secondary N) is 1. The molecule has 36 heavy (non-hydrogen) atoms. The average molecular weight is 522 g/mol. The number of fused-ring (bicyclic) bond motifs is 6. The third-order valence-corrected chi connectivity index (χ3v) is 9.25. The second kappa shape index (κ2) is 8.94. The molecule has 0 radical (unpaired) electrons. The minimum absolute atomic E-state index is 0.0926. The quantitative estimate of drug-likeness (QED) is 0.280. The van der Waals surface area contributed by atoms with E-state index in [1.165, 1.54) is 28.0 Å². The van der Waals surface area contributed by atoms with Crippen LogP contribution in [0.4, 0.5) is 11.4 Å². The molecule has 184 valence electrons. The van der Waals surface area contributed by atoms with E-state index in [-0.39, 0.29) is 47.1 Å². The van der Waals surface area contributed by atoms with Crippen LogP contribution in [0.5, 0.6) is 11.5 Å². The van der Waals surface area contributed by atoms with Crippen molar-refractivity contribution in [3.63, 3.8) is 0 Å². The Kier molecular flexibility index (Phi) is 5.72. The smallest absolute Gasteiger partial charge is 0.238 e. The number of ether oxygens (including phenoxy) is 2. The van der Waals surface area contributed by atoms with Crippen molar-refractivity contribution in [1.29, 1.82) is 0 Å². The van der Waals surface area contributed by atoms with E-state index >= 15 is 0 Å². The van der Waals surface area contributed by atoms with Crippen LogP contribution in [-0.2, 0) is 14.4 Å². The maximum atomic E-state index is 13.1. The Balaban J connectivity index is 1.15. The summed E-state index contributed by atoms with van der Waals surface area (Å²) in [5, 5.41) is 2.85. The van der Waals surface area contributed by atoms with Crippen molar-refractivity contribution in [3.05, 3.63) is 48.6 Å². The van der Waals surface area contributed by atoms with E-state index in [2.05, 4.69) is 22.5 Å². The number of rotatable bonds is 7. The predicted octanol–water partition coefficient (Wildman–Crippen LogP) is 4.36. The molecule has 8 nitrogen and oxygen atoms in total. The SMILES string of the molecule is COc1ccc(OC)c(NC(=O)CSc2nc3ccc(N4C(=O)[C@H]5[C@H](C4=O)[C@H]4C=C[C@H]5C4)cc3s2)c1. The van der Waals surface area contributed by atoms with E-state index in [1.807, 2.05) is 12.1 Å². The van der Waals surface area contributed by atoms with Gasteiger partial charge in [-0.3, -0.25) is 14.4 Å². The second-order valence-electron chi connectivity index (χ2n) is 9.05. The molecule has 0 unspecified atom stereocenters. The van der Waals surface area contributed by atoms with Crippen LogP contribution < -0.4 is 19.7 Å². The number of hydrogen-bond donors (Lipinski definition) is 1. The molecule has 2 bridgehead atoms. The molecule has 1 aromatic heterocycles. The molecular weight excluding hydrogens is 498 g/mol. The van der Waals surface area contributed by atoms with Crippen molar-refractivity contribution in [3.8, 4) is 11.5 Å². The highest BCUT2D eigenvalue weighted by molar-refractivity contribution is 8.01. The average Bonchev–Trinajstić information content (AvgIpc) is 3.65. The zero-order valence-electron chi connectivity index (χ0n) is 19.6. The molecule has 6 rings (SSSR count). The number of carbonyl (C=O) groups is 3. The minimum Gasteiger partial charge on any atom is -0.497 e. The van der Waals surface area contributed by atoms with Crippen LogP contribution in [0, 0.1) is 23.7 Å². The van der Waals surface area contributed by atoms with Crippen molar-refractivity contribution in [2.24, 2.45) is 23.7 Å². The van der Waals surface area contributed by atoms with E-state index in [1.54, 1.807) is 38.5 Å². The summed E-state index contributed by atoms with van der Waals surface area (Å²) in [6.07, 6.45) is 5.10. The number of hydrogen-bond acceptors (Lipinski definition) is 8. The Morgan fingerprint density at radius 1 is 1.08 bits per heavy atom. The van der Waals surface area contributed by atoms with Crippen LogP contribution in [0.1, 0.15) is 6.42 Å². The van der Waals surface area contributed by atoms with Gasteiger partial charge in [-0.05, 0) is 48.6 Å². The number of nitrogens with zero attached hydrogens (tertiary/aromatic N) is 2. The molecule has 2 aliphatic carbocycles. The zero-order chi connectivity index (χ0) is 25.0. The lowest BCUT2D eigenvalue weighted by atomic mass is 9.85. The van der Waals surface area contributed by atoms with Crippen LogP contribution >= 0.6 is 23.1 Å². The van der Waals surface area contributed by atoms with Crippen LogP contribution in [0.3, 0.4) is 0 Å². The topological polar surface area (TPSA) is 97.8 Å². The molecule has 0 spiro atoms. The van der Waals surface area contributed by atoms with Crippen molar-refractivity contribution < 1.29 is 23.9 Å². The molecule has 4 atom stereocenters. The summed E-state index contributed by atoms with van der Waals surface area (Å²) >= 11 is 2.76. The van der Waals surface area contributed by atoms with E-state index in [0.29, 0.717) is 22.9 Å². The molecule has 3 aliphatic rings. The Morgan fingerprint density at radius 2 is 1.83 bits per heavy atom. The van der Waals surface area contributed by atoms with Gasteiger partial charge in [0.2, 0.25) is 17.7 Å². The molecule has 1 aliphatic heterocycles. The maximum absolute atomic E-state index is 13.1. The number of amides is 3. The summed E-state index contributed by atoms with van der Waals surface area (Å²) in [5.41, 5.74) is 1.89. The number of thioether (sulfide) groups is 1. The van der Waals surface area contributed by atoms with Crippen molar-refractivity contribution in [1.82, 2.24) is 4.98 Å². The van der Waals surface area contributed by atoms with Gasteiger partial charge in [-0.1, -0.05) is 23.9 Å². The van der Waals surface area contributed by atoms with Crippen molar-refractivity contribution in [2.45, 2.75) is 10.8 Å². The molecule has 3 aromatic rings. The van der Waals surface area contributed by atoms with Gasteiger partial charge in [-0.25, -0.2) is 9.88 Å². The lowest BCUT2D eigenvalue weighted by molar-refractivity contribution is -0.123. The molecule has 1 saturated heterocycles. The fourth-order valence-corrected chi connectivity index (χ4v) is 7.38. The van der Waals surface area contributed by atoms with Crippen LogP contribution in [-0.4, -0.2) is 42.7 Å². The van der Waals surface area contributed by atoms with Gasteiger partial charge in [-0.2, -0.15) is 0 Å². The molecule has 2 aromatic carbocycles. The van der Waals surface area contributed by atoms with Gasteiger partial charge < -0.3 is 14.8 Å². The lowest BCUT2D eigenvalue weighted by Gasteiger charge is -2.17. The summed E-state index contributed by atoms with van der Waals surface area (Å²) < 4.78 is 12.1. The first-order chi connectivity index (χ1) is 17.5. The molecule has 2 heterocycles. The van der Waals surface area contributed by atoms with Crippen LogP contribution in [0.2, 0.25) is 0 Å². The highest BCUT2D eigenvalue weighted by atomic mass is 32.2. The fraction of sp³-hybridized carbons (Fsp3) is 0.308. The standard InChI is InChI=1S/C26H23N3O5S2/c1-33-16-6-8-19(34-2)18(11-16)27-21(30)12-35-26-28-17-7-5-15(10-20(17)36-26)29-24(31)22-13-3-4-14(9-13)23(22)25(29)32/h3-8,10-11,13-14,22-23H,9,12H2,1-2H3,(H,27,30)/t13-,14-,22+,23+/m0/s1. The van der Waals surface area contributed by atoms with Crippen molar-refractivity contribution in [2.75, 3.05) is 30.2 Å². The van der Waals surface area contributed by atoms with Gasteiger partial charge in [0.1, 0.15) is 11.5 Å². The molecule has 1 N–H and O–H groups in total. The van der Waals surface area contributed by atoms with Gasteiger partial charge in [-0.15, -0.1) is 11.3 Å². The van der Waals surface area contributed by atoms with E-state index in [0.717, 1.165) is 21.0 Å². The highest BCUT2D eigenvalue weighted by Crippen LogP contribution is 2.53. The summed E-state index contributed by atoms with van der Waals surface area (Å²) in [6.45, 7) is 0. The van der Waals surface area contributed by atoms with E-state index < -0.39 is 0 Å². The molecule has 1 saturated carbocycles. The molecule has 2 fully saturated rings. The molecular formula is C26H23N3O5S2. The van der Waals surface area contributed by atoms with Crippen molar-refractivity contribution >= 4 is 62.4 Å². The van der Waals surface area contributed by atoms with Gasteiger partial charge in [0.25, 0.3) is 0 Å². The number of aromatic nitrogens is 1. The summed E-state index contributed by atoms with van der Waals surface area (Å²) in [7, 11) is 3.10. The number of carbonyl (C=O) groups excluding carboxylic acids is 3. The summed E-state index contributed by atoms with van der Waals surface area (Å²) in [5.74, 6) is 0.845. The normalized spacial score (nSPS) is 24.0. The summed E-state index contributed by atoms with van der Waals surface area (Å²) in [4.78, 5) is 44.8. The zero-order valence-corrected chi connectivity index (χ0v) is 21.2. The highest BCUT2D eigenvalue weighted by Gasteiger charge is 2.59. The third kappa shape index (κ3) is 3.75. The van der Waals surface area contributed by atoms with Crippen LogP contribution in [0.15, 0.2) is 52.9 Å². The largest absolute Gasteiger partial charge is 0.497 e. The predicted molar refractivity (Wildman–Crippen MR) is 139 cm³/mol. The van der Waals surface area contributed by atoms with E-state index in [4.69, 9.17) is 9.47 Å². The third-order valence-electron chi connectivity index (χ3n) is 7.09. The van der Waals surface area contributed by atoms with Gasteiger partial charge in [0, 0.05) is 6.07 Å². The maximum Gasteiger partial charge on any atom is 0.238 e.